The summed E-state index contributed by atoms with van der Waals surface area (Å²) in [4.78, 5) is 35.1. The number of rotatable bonds is 7. The Balaban J connectivity index is 2.01. The first kappa shape index (κ1) is 25.1. The first-order chi connectivity index (χ1) is 17.1. The Morgan fingerprint density at radius 2 is 1.86 bits per heavy atom. The molecule has 0 unspecified atom stereocenters. The maximum absolute atomic E-state index is 13.5. The van der Waals surface area contributed by atoms with Crippen molar-refractivity contribution in [3.05, 3.63) is 86.5 Å². The summed E-state index contributed by atoms with van der Waals surface area (Å²) in [5.41, 5.74) is 1.72. The van der Waals surface area contributed by atoms with Crippen LogP contribution in [0.25, 0.3) is 22.2 Å². The monoisotopic (exact) mass is 500 g/mol. The number of alkyl halides is 3. The van der Waals surface area contributed by atoms with E-state index in [2.05, 4.69) is 14.7 Å². The predicted molar refractivity (Wildman–Crippen MR) is 127 cm³/mol. The van der Waals surface area contributed by atoms with Gasteiger partial charge in [0, 0.05) is 50.3 Å². The molecule has 188 valence electrons. The molecule has 0 fully saturated rings. The maximum Gasteiger partial charge on any atom is 0.573 e. The lowest BCUT2D eigenvalue weighted by atomic mass is 9.95. The molecule has 0 saturated heterocycles. The number of aromatic nitrogens is 4. The Morgan fingerprint density at radius 3 is 2.53 bits per heavy atom. The molecule has 3 heterocycles. The molecule has 0 amide bonds. The molecule has 11 heteroatoms. The van der Waals surface area contributed by atoms with Gasteiger partial charge in [0.25, 0.3) is 5.56 Å². The number of aryl methyl sites for hydroxylation is 2. The highest BCUT2D eigenvalue weighted by molar-refractivity contribution is 5.86. The van der Waals surface area contributed by atoms with Crippen molar-refractivity contribution in [1.82, 2.24) is 19.1 Å². The van der Waals surface area contributed by atoms with Gasteiger partial charge in [-0.05, 0) is 48.2 Å². The van der Waals surface area contributed by atoms with Crippen LogP contribution in [0.1, 0.15) is 23.2 Å². The van der Waals surface area contributed by atoms with Crippen molar-refractivity contribution < 1.29 is 23.0 Å². The van der Waals surface area contributed by atoms with Gasteiger partial charge in [-0.2, -0.15) is 0 Å². The van der Waals surface area contributed by atoms with E-state index in [0.717, 1.165) is 10.1 Å². The summed E-state index contributed by atoms with van der Waals surface area (Å²) in [5, 5.41) is 9.38. The van der Waals surface area contributed by atoms with Crippen molar-refractivity contribution in [2.24, 2.45) is 7.05 Å². The highest BCUT2D eigenvalue weighted by atomic mass is 19.4. The Bertz CT molecular complexity index is 1530. The molecule has 0 spiro atoms. The first-order valence-electron chi connectivity index (χ1n) is 11.1. The summed E-state index contributed by atoms with van der Waals surface area (Å²) >= 11 is 0. The average Bonchev–Trinajstić information content (AvgIpc) is 2.83. The van der Waals surface area contributed by atoms with Gasteiger partial charge in [0.1, 0.15) is 11.4 Å². The smallest absolute Gasteiger partial charge is 0.406 e. The fourth-order valence-electron chi connectivity index (χ4n) is 4.01. The normalized spacial score (nSPS) is 11.7. The van der Waals surface area contributed by atoms with Gasteiger partial charge in [-0.25, -0.2) is 9.78 Å². The Labute approximate surface area is 203 Å². The van der Waals surface area contributed by atoms with Gasteiger partial charge in [0.15, 0.2) is 0 Å². The van der Waals surface area contributed by atoms with Crippen LogP contribution in [0.5, 0.6) is 5.75 Å². The van der Waals surface area contributed by atoms with E-state index < -0.39 is 23.4 Å². The molecule has 4 aromatic rings. The largest absolute Gasteiger partial charge is 0.573 e. The molecule has 36 heavy (non-hydrogen) atoms. The van der Waals surface area contributed by atoms with Crippen LogP contribution in [-0.4, -0.2) is 37.2 Å². The molecule has 4 rings (SSSR count). The quantitative estimate of drug-likeness (QED) is 0.418. The van der Waals surface area contributed by atoms with Gasteiger partial charge >= 0.3 is 12.1 Å². The Morgan fingerprint density at radius 1 is 1.08 bits per heavy atom. The van der Waals surface area contributed by atoms with Crippen LogP contribution in [0.4, 0.5) is 13.2 Å². The second kappa shape index (κ2) is 9.94. The molecule has 3 aromatic heterocycles. The Hall–Kier alpha value is -3.99. The van der Waals surface area contributed by atoms with Crippen LogP contribution in [0.3, 0.4) is 0 Å². The molecule has 8 nitrogen and oxygen atoms in total. The predicted octanol–water partition coefficient (Wildman–Crippen LogP) is 3.34. The molecule has 0 radical (unpaired) electrons. The standard InChI is InChI=1S/C25H23F3N4O4/c1-15-7-8-17(29-13-15)12-19-20(16-5-3-6-18(11-16)36-25(26,27)28)14-30-22-21(19)23(34)32(9-4-10-33)24(35)31(22)2/h3,5-8,11,13-14,33H,4,9-10,12H2,1-2H3. The Kier molecular flexibility index (Phi) is 6.93. The van der Waals surface area contributed by atoms with Crippen molar-refractivity contribution in [2.45, 2.75) is 32.7 Å². The lowest BCUT2D eigenvalue weighted by molar-refractivity contribution is -0.274. The first-order valence-corrected chi connectivity index (χ1v) is 11.1. The number of hydrogen-bond donors (Lipinski definition) is 1. The van der Waals surface area contributed by atoms with E-state index in [1.54, 1.807) is 18.3 Å². The topological polar surface area (TPSA) is 99.2 Å². The number of nitrogens with zero attached hydrogens (tertiary/aromatic N) is 4. The summed E-state index contributed by atoms with van der Waals surface area (Å²) in [6.45, 7) is 1.67. The van der Waals surface area contributed by atoms with Gasteiger partial charge in [-0.15, -0.1) is 13.2 Å². The number of fused-ring (bicyclic) bond motifs is 1. The molecule has 0 aliphatic heterocycles. The van der Waals surface area contributed by atoms with Crippen LogP contribution in [-0.2, 0) is 20.0 Å². The second-order valence-electron chi connectivity index (χ2n) is 8.30. The number of aliphatic hydroxyl groups excluding tert-OH is 1. The van der Waals surface area contributed by atoms with E-state index in [4.69, 9.17) is 0 Å². The zero-order chi connectivity index (χ0) is 26.0. The van der Waals surface area contributed by atoms with E-state index in [-0.39, 0.29) is 37.0 Å². The fraction of sp³-hybridized carbons (Fsp3) is 0.280. The molecule has 0 aliphatic rings. The van der Waals surface area contributed by atoms with Crippen molar-refractivity contribution >= 4 is 11.0 Å². The molecule has 0 saturated carbocycles. The molecule has 1 aromatic carbocycles. The molecule has 0 bridgehead atoms. The lowest BCUT2D eigenvalue weighted by Gasteiger charge is -2.17. The third-order valence-electron chi connectivity index (χ3n) is 5.71. The van der Waals surface area contributed by atoms with E-state index in [9.17, 15) is 27.9 Å². The number of hydrogen-bond acceptors (Lipinski definition) is 6. The minimum Gasteiger partial charge on any atom is -0.406 e. The van der Waals surface area contributed by atoms with E-state index in [1.165, 1.54) is 36.0 Å². The zero-order valence-corrected chi connectivity index (χ0v) is 19.5. The second-order valence-corrected chi connectivity index (χ2v) is 8.30. The van der Waals surface area contributed by atoms with Gasteiger partial charge in [0.05, 0.1) is 5.39 Å². The minimum absolute atomic E-state index is 0.000691. The highest BCUT2D eigenvalue weighted by Crippen LogP contribution is 2.32. The third-order valence-corrected chi connectivity index (χ3v) is 5.71. The summed E-state index contributed by atoms with van der Waals surface area (Å²) in [7, 11) is 1.48. The molecular formula is C25H23F3N4O4. The van der Waals surface area contributed by atoms with E-state index in [1.807, 2.05) is 13.0 Å². The van der Waals surface area contributed by atoms with Crippen molar-refractivity contribution in [2.75, 3.05) is 6.61 Å². The van der Waals surface area contributed by atoms with Crippen molar-refractivity contribution in [3.63, 3.8) is 0 Å². The molecule has 0 aliphatic carbocycles. The summed E-state index contributed by atoms with van der Waals surface area (Å²) in [5.74, 6) is -0.416. The number of benzene rings is 1. The maximum atomic E-state index is 13.5. The van der Waals surface area contributed by atoms with Crippen molar-refractivity contribution in [1.29, 1.82) is 0 Å². The number of pyridine rings is 2. The van der Waals surface area contributed by atoms with Crippen LogP contribution in [0, 0.1) is 6.92 Å². The van der Waals surface area contributed by atoms with Crippen molar-refractivity contribution in [3.8, 4) is 16.9 Å². The lowest BCUT2D eigenvalue weighted by Crippen LogP contribution is -2.40. The van der Waals surface area contributed by atoms with Gasteiger partial charge in [-0.1, -0.05) is 18.2 Å². The van der Waals surface area contributed by atoms with Crippen LogP contribution >= 0.6 is 0 Å². The fourth-order valence-corrected chi connectivity index (χ4v) is 4.01. The SMILES string of the molecule is Cc1ccc(Cc2c(-c3cccc(OC(F)(F)F)c3)cnc3c2c(=O)n(CCCO)c(=O)n3C)nc1. The number of halogens is 3. The summed E-state index contributed by atoms with van der Waals surface area (Å²) < 4.78 is 44.8. The zero-order valence-electron chi connectivity index (χ0n) is 19.5. The van der Waals surface area contributed by atoms with Gasteiger partial charge in [0.2, 0.25) is 0 Å². The molecule has 1 N–H and O–H groups in total. The van der Waals surface area contributed by atoms with Gasteiger partial charge in [-0.3, -0.25) is 18.9 Å². The molecule has 0 atom stereocenters. The van der Waals surface area contributed by atoms with Crippen LogP contribution in [0.15, 0.2) is 58.4 Å². The summed E-state index contributed by atoms with van der Waals surface area (Å²) in [6, 6.07) is 9.05. The van der Waals surface area contributed by atoms with E-state index >= 15 is 0 Å². The highest BCUT2D eigenvalue weighted by Gasteiger charge is 2.31. The van der Waals surface area contributed by atoms with E-state index in [0.29, 0.717) is 22.4 Å². The minimum atomic E-state index is -4.87. The number of aliphatic hydroxyl groups is 1. The summed E-state index contributed by atoms with van der Waals surface area (Å²) in [6.07, 6.45) is -1.42. The van der Waals surface area contributed by atoms with Crippen LogP contribution in [0.2, 0.25) is 0 Å². The molecular weight excluding hydrogens is 477 g/mol. The van der Waals surface area contributed by atoms with Gasteiger partial charge < -0.3 is 9.84 Å². The third kappa shape index (κ3) is 5.15. The average molecular weight is 500 g/mol. The number of ether oxygens (including phenoxy) is 1. The van der Waals surface area contributed by atoms with Crippen LogP contribution < -0.4 is 16.0 Å².